The minimum atomic E-state index is -0.222. The minimum absolute atomic E-state index is 0.121. The Balaban J connectivity index is 1.50. The van der Waals surface area contributed by atoms with Gasteiger partial charge >= 0.3 is 0 Å². The molecule has 0 unspecified atom stereocenters. The Labute approximate surface area is 178 Å². The summed E-state index contributed by atoms with van der Waals surface area (Å²) < 4.78 is 0. The number of benzene rings is 1. The quantitative estimate of drug-likeness (QED) is 0.693. The zero-order valence-corrected chi connectivity index (χ0v) is 17.4. The van der Waals surface area contributed by atoms with Gasteiger partial charge in [-0.3, -0.25) is 14.6 Å². The molecular weight excluding hydrogens is 374 g/mol. The van der Waals surface area contributed by atoms with Gasteiger partial charge in [-0.05, 0) is 42.0 Å². The number of nitrogens with zero attached hydrogens (tertiary/aromatic N) is 3. The van der Waals surface area contributed by atoms with Gasteiger partial charge in [0.15, 0.2) is 0 Å². The van der Waals surface area contributed by atoms with Crippen LogP contribution in [0.3, 0.4) is 0 Å². The second-order valence-corrected chi connectivity index (χ2v) is 8.32. The first kappa shape index (κ1) is 20.3. The number of aromatic nitrogens is 1. The number of hydrogen-bond acceptors (Lipinski definition) is 3. The van der Waals surface area contributed by atoms with Crippen LogP contribution in [0.2, 0.25) is 0 Å². The predicted octanol–water partition coefficient (Wildman–Crippen LogP) is 3.56. The zero-order valence-electron chi connectivity index (χ0n) is 17.4. The van der Waals surface area contributed by atoms with Crippen molar-refractivity contribution in [1.29, 1.82) is 0 Å². The largest absolute Gasteiger partial charge is 0.340 e. The molecule has 0 radical (unpaired) electrons. The van der Waals surface area contributed by atoms with Gasteiger partial charge in [0.2, 0.25) is 11.8 Å². The Kier molecular flexibility index (Phi) is 6.26. The van der Waals surface area contributed by atoms with Crippen molar-refractivity contribution in [1.82, 2.24) is 14.8 Å². The summed E-state index contributed by atoms with van der Waals surface area (Å²) in [6, 6.07) is 12.3. The molecule has 2 fully saturated rings. The highest BCUT2D eigenvalue weighted by molar-refractivity contribution is 5.83. The Morgan fingerprint density at radius 3 is 2.57 bits per heavy atom. The van der Waals surface area contributed by atoms with E-state index in [1.54, 1.807) is 12.3 Å². The molecule has 2 amide bonds. The average Bonchev–Trinajstić information content (AvgIpc) is 2.88. The maximum Gasteiger partial charge on any atom is 0.228 e. The van der Waals surface area contributed by atoms with E-state index in [4.69, 9.17) is 0 Å². The van der Waals surface area contributed by atoms with Crippen molar-refractivity contribution >= 4 is 11.8 Å². The van der Waals surface area contributed by atoms with Gasteiger partial charge in [0.25, 0.3) is 0 Å². The minimum Gasteiger partial charge on any atom is -0.340 e. The summed E-state index contributed by atoms with van der Waals surface area (Å²) in [5.41, 5.74) is 3.29. The van der Waals surface area contributed by atoms with E-state index in [0.29, 0.717) is 32.6 Å². The molecule has 156 valence electrons. The highest BCUT2D eigenvalue weighted by atomic mass is 16.2. The number of amides is 2. The van der Waals surface area contributed by atoms with Crippen LogP contribution in [0.4, 0.5) is 0 Å². The summed E-state index contributed by atoms with van der Waals surface area (Å²) in [6.45, 7) is 6.03. The van der Waals surface area contributed by atoms with Crippen LogP contribution in [0.25, 0.3) is 11.1 Å². The fourth-order valence-corrected chi connectivity index (χ4v) is 4.30. The first-order valence-electron chi connectivity index (χ1n) is 10.8. The number of carbonyl (C=O) groups is 2. The van der Waals surface area contributed by atoms with Gasteiger partial charge in [0.1, 0.15) is 0 Å². The van der Waals surface area contributed by atoms with E-state index in [-0.39, 0.29) is 23.7 Å². The van der Waals surface area contributed by atoms with Crippen molar-refractivity contribution in [3.63, 3.8) is 0 Å². The van der Waals surface area contributed by atoms with Crippen molar-refractivity contribution in [2.45, 2.75) is 25.7 Å². The Morgan fingerprint density at radius 2 is 1.93 bits per heavy atom. The van der Waals surface area contributed by atoms with Crippen molar-refractivity contribution < 1.29 is 9.59 Å². The SMILES string of the molecule is C=CCN1CCN(C(=O)C2CCC2)C[C@H](Cc2ccc(-c3cccnc3)cc2)C1=O. The van der Waals surface area contributed by atoms with E-state index >= 15 is 0 Å². The summed E-state index contributed by atoms with van der Waals surface area (Å²) in [7, 11) is 0. The number of hydrogen-bond donors (Lipinski definition) is 0. The smallest absolute Gasteiger partial charge is 0.228 e. The molecule has 1 saturated heterocycles. The molecule has 2 heterocycles. The van der Waals surface area contributed by atoms with E-state index in [2.05, 4.69) is 35.8 Å². The first-order valence-corrected chi connectivity index (χ1v) is 10.8. The van der Waals surface area contributed by atoms with Gasteiger partial charge in [0, 0.05) is 44.5 Å². The van der Waals surface area contributed by atoms with Crippen LogP contribution >= 0.6 is 0 Å². The van der Waals surface area contributed by atoms with Crippen LogP contribution in [0, 0.1) is 11.8 Å². The molecule has 0 spiro atoms. The van der Waals surface area contributed by atoms with Gasteiger partial charge in [-0.2, -0.15) is 0 Å². The van der Waals surface area contributed by atoms with E-state index in [1.165, 1.54) is 0 Å². The predicted molar refractivity (Wildman–Crippen MR) is 118 cm³/mol. The van der Waals surface area contributed by atoms with Crippen molar-refractivity contribution in [2.24, 2.45) is 11.8 Å². The maximum atomic E-state index is 13.2. The maximum absolute atomic E-state index is 13.2. The van der Waals surface area contributed by atoms with Crippen LogP contribution in [0.5, 0.6) is 0 Å². The number of pyridine rings is 1. The molecule has 0 bridgehead atoms. The summed E-state index contributed by atoms with van der Waals surface area (Å²) in [5.74, 6) is 0.285. The lowest BCUT2D eigenvalue weighted by molar-refractivity contribution is -0.138. The normalized spacial score (nSPS) is 19.9. The average molecular weight is 404 g/mol. The molecule has 1 atom stereocenters. The lowest BCUT2D eigenvalue weighted by Gasteiger charge is -2.31. The molecule has 4 rings (SSSR count). The molecular formula is C25H29N3O2. The monoisotopic (exact) mass is 403 g/mol. The summed E-state index contributed by atoms with van der Waals surface area (Å²) in [4.78, 5) is 34.0. The molecule has 5 heteroatoms. The fourth-order valence-electron chi connectivity index (χ4n) is 4.30. The number of carbonyl (C=O) groups excluding carboxylic acids is 2. The van der Waals surface area contributed by atoms with Gasteiger partial charge in [-0.1, -0.05) is 42.8 Å². The molecule has 2 aliphatic rings. The molecule has 1 aliphatic carbocycles. The third kappa shape index (κ3) is 4.45. The van der Waals surface area contributed by atoms with Crippen LogP contribution < -0.4 is 0 Å². The zero-order chi connectivity index (χ0) is 20.9. The Hall–Kier alpha value is -2.95. The number of rotatable bonds is 6. The van der Waals surface area contributed by atoms with E-state index in [1.807, 2.05) is 28.1 Å². The van der Waals surface area contributed by atoms with E-state index in [0.717, 1.165) is 36.0 Å². The van der Waals surface area contributed by atoms with Gasteiger partial charge in [-0.25, -0.2) is 0 Å². The first-order chi connectivity index (χ1) is 14.7. The second kappa shape index (κ2) is 9.24. The van der Waals surface area contributed by atoms with Crippen LogP contribution in [0.15, 0.2) is 61.4 Å². The summed E-state index contributed by atoms with van der Waals surface area (Å²) in [5, 5.41) is 0. The second-order valence-electron chi connectivity index (χ2n) is 8.32. The highest BCUT2D eigenvalue weighted by Crippen LogP contribution is 2.29. The molecule has 1 aromatic heterocycles. The molecule has 2 aromatic rings. The standard InChI is InChI=1S/C25H29N3O2/c1-2-13-27-14-15-28(24(29)21-5-3-6-21)18-23(25(27)30)16-19-8-10-20(11-9-19)22-7-4-12-26-17-22/h2,4,7-12,17,21,23H,1,3,5-6,13-16,18H2/t23-/m0/s1. The molecule has 1 aromatic carbocycles. The van der Waals surface area contributed by atoms with Gasteiger partial charge in [-0.15, -0.1) is 6.58 Å². The highest BCUT2D eigenvalue weighted by Gasteiger charge is 2.35. The van der Waals surface area contributed by atoms with Crippen molar-refractivity contribution in [3.05, 3.63) is 67.0 Å². The summed E-state index contributed by atoms with van der Waals surface area (Å²) in [6.07, 6.45) is 9.12. The third-order valence-corrected chi connectivity index (χ3v) is 6.29. The molecule has 30 heavy (non-hydrogen) atoms. The third-order valence-electron chi connectivity index (χ3n) is 6.29. The topological polar surface area (TPSA) is 53.5 Å². The Bertz CT molecular complexity index is 890. The van der Waals surface area contributed by atoms with Gasteiger partial charge in [0.05, 0.1) is 5.92 Å². The van der Waals surface area contributed by atoms with Crippen LogP contribution in [0.1, 0.15) is 24.8 Å². The van der Waals surface area contributed by atoms with E-state index < -0.39 is 0 Å². The molecule has 1 aliphatic heterocycles. The van der Waals surface area contributed by atoms with Gasteiger partial charge < -0.3 is 9.80 Å². The van der Waals surface area contributed by atoms with Crippen LogP contribution in [-0.4, -0.2) is 52.8 Å². The molecule has 1 saturated carbocycles. The molecule has 5 nitrogen and oxygen atoms in total. The van der Waals surface area contributed by atoms with E-state index in [9.17, 15) is 9.59 Å². The van der Waals surface area contributed by atoms with Crippen molar-refractivity contribution in [3.8, 4) is 11.1 Å². The van der Waals surface area contributed by atoms with Crippen molar-refractivity contribution in [2.75, 3.05) is 26.2 Å². The fraction of sp³-hybridized carbons (Fsp3) is 0.400. The summed E-state index contributed by atoms with van der Waals surface area (Å²) >= 11 is 0. The Morgan fingerprint density at radius 1 is 1.13 bits per heavy atom. The lowest BCUT2D eigenvalue weighted by atomic mass is 9.84. The van der Waals surface area contributed by atoms with Crippen LogP contribution in [-0.2, 0) is 16.0 Å². The lowest BCUT2D eigenvalue weighted by Crippen LogP contribution is -2.42. The molecule has 0 N–H and O–H groups in total.